The monoisotopic (exact) mass is 293 g/mol. The van der Waals surface area contributed by atoms with Crippen LogP contribution in [0.1, 0.15) is 11.1 Å². The maximum absolute atomic E-state index is 9.25. The van der Waals surface area contributed by atoms with Gasteiger partial charge < -0.3 is 10.2 Å². The fraction of sp³-hybridized carbons (Fsp3) is 0.571. The lowest BCUT2D eigenvalue weighted by Crippen LogP contribution is -2.52. The van der Waals surface area contributed by atoms with E-state index in [0.29, 0.717) is 22.4 Å². The first-order valence-electron chi connectivity index (χ1n) is 6.70. The number of likely N-dealkylation sites (N-methyl/N-ethyl adjacent to an activating group) is 2. The molecule has 0 unspecified atom stereocenters. The Morgan fingerprint density at radius 3 is 2.95 bits per heavy atom. The number of halogens is 1. The maximum Gasteiger partial charge on any atom is 0.144 e. The lowest BCUT2D eigenvalue weighted by atomic mass is 10.1. The molecule has 0 aromatic carbocycles. The molecule has 1 aliphatic heterocycles. The van der Waals surface area contributed by atoms with E-state index in [2.05, 4.69) is 40.3 Å². The van der Waals surface area contributed by atoms with E-state index in [9.17, 15) is 5.26 Å². The fourth-order valence-electron chi connectivity index (χ4n) is 2.39. The van der Waals surface area contributed by atoms with Gasteiger partial charge in [-0.1, -0.05) is 11.6 Å². The molecule has 1 aromatic heterocycles. The zero-order chi connectivity index (χ0) is 14.7. The summed E-state index contributed by atoms with van der Waals surface area (Å²) < 4.78 is 0. The molecule has 20 heavy (non-hydrogen) atoms. The molecular formula is C14H20ClN5. The first-order valence-corrected chi connectivity index (χ1v) is 7.08. The van der Waals surface area contributed by atoms with Crippen molar-refractivity contribution < 1.29 is 0 Å². The van der Waals surface area contributed by atoms with E-state index in [1.165, 1.54) is 0 Å². The summed E-state index contributed by atoms with van der Waals surface area (Å²) in [5.74, 6) is 0.621. The highest BCUT2D eigenvalue weighted by Crippen LogP contribution is 2.23. The van der Waals surface area contributed by atoms with E-state index in [1.54, 1.807) is 6.20 Å². The molecule has 1 fully saturated rings. The quantitative estimate of drug-likeness (QED) is 0.917. The van der Waals surface area contributed by atoms with Crippen LogP contribution in [0.2, 0.25) is 5.02 Å². The van der Waals surface area contributed by atoms with Crippen LogP contribution in [0.4, 0.5) is 5.82 Å². The van der Waals surface area contributed by atoms with Crippen molar-refractivity contribution in [3.8, 4) is 6.07 Å². The average molecular weight is 294 g/mol. The van der Waals surface area contributed by atoms with Gasteiger partial charge in [0.25, 0.3) is 0 Å². The highest BCUT2D eigenvalue weighted by Gasteiger charge is 2.22. The Kier molecular flexibility index (Phi) is 4.81. The number of hydrogen-bond acceptors (Lipinski definition) is 5. The molecule has 1 N–H and O–H groups in total. The van der Waals surface area contributed by atoms with E-state index < -0.39 is 0 Å². The number of piperazine rings is 1. The summed E-state index contributed by atoms with van der Waals surface area (Å²) in [5, 5.41) is 13.1. The lowest BCUT2D eigenvalue weighted by molar-refractivity contribution is 0.122. The van der Waals surface area contributed by atoms with Crippen molar-refractivity contribution >= 4 is 17.4 Å². The Morgan fingerprint density at radius 2 is 2.25 bits per heavy atom. The molecule has 1 atom stereocenters. The number of hydrogen-bond donors (Lipinski definition) is 1. The zero-order valence-electron chi connectivity index (χ0n) is 12.1. The predicted octanol–water partition coefficient (Wildman–Crippen LogP) is 1.57. The fourth-order valence-corrected chi connectivity index (χ4v) is 2.53. The number of nitriles is 1. The minimum atomic E-state index is 0.415. The topological polar surface area (TPSA) is 55.2 Å². The van der Waals surface area contributed by atoms with Gasteiger partial charge in [-0.2, -0.15) is 5.26 Å². The van der Waals surface area contributed by atoms with Crippen molar-refractivity contribution in [2.24, 2.45) is 0 Å². The largest absolute Gasteiger partial charge is 0.367 e. The van der Waals surface area contributed by atoms with Crippen molar-refractivity contribution in [3.63, 3.8) is 0 Å². The molecule has 0 bridgehead atoms. The smallest absolute Gasteiger partial charge is 0.144 e. The maximum atomic E-state index is 9.25. The molecule has 0 saturated carbocycles. The number of anilines is 1. The first kappa shape index (κ1) is 15.0. The second-order valence-corrected chi connectivity index (χ2v) is 5.75. The Bertz CT molecular complexity index is 525. The Balaban J connectivity index is 2.08. The van der Waals surface area contributed by atoms with E-state index in [-0.39, 0.29) is 0 Å². The van der Waals surface area contributed by atoms with Crippen LogP contribution in [-0.2, 0) is 0 Å². The Morgan fingerprint density at radius 1 is 1.50 bits per heavy atom. The third-order valence-electron chi connectivity index (χ3n) is 3.87. The Labute approximate surface area is 125 Å². The molecule has 6 heteroatoms. The highest BCUT2D eigenvalue weighted by atomic mass is 35.5. The van der Waals surface area contributed by atoms with Gasteiger partial charge in [-0.25, -0.2) is 4.98 Å². The van der Waals surface area contributed by atoms with Crippen LogP contribution in [0.25, 0.3) is 0 Å². The van der Waals surface area contributed by atoms with Gasteiger partial charge >= 0.3 is 0 Å². The second kappa shape index (κ2) is 6.40. The minimum Gasteiger partial charge on any atom is -0.367 e. The van der Waals surface area contributed by atoms with Gasteiger partial charge in [0, 0.05) is 38.4 Å². The molecule has 1 saturated heterocycles. The SMILES string of the molecule is Cc1c(Cl)cnc(NC[C@@H]2CN(C)CCN2C)c1C#N. The normalized spacial score (nSPS) is 20.6. The molecule has 0 aliphatic carbocycles. The minimum absolute atomic E-state index is 0.415. The molecule has 0 amide bonds. The second-order valence-electron chi connectivity index (χ2n) is 5.34. The van der Waals surface area contributed by atoms with Crippen molar-refractivity contribution in [2.45, 2.75) is 13.0 Å². The number of aromatic nitrogens is 1. The highest BCUT2D eigenvalue weighted by molar-refractivity contribution is 6.31. The van der Waals surface area contributed by atoms with Crippen molar-refractivity contribution in [1.82, 2.24) is 14.8 Å². The molecule has 2 heterocycles. The van der Waals surface area contributed by atoms with Crippen LogP contribution in [0, 0.1) is 18.3 Å². The molecule has 108 valence electrons. The molecule has 5 nitrogen and oxygen atoms in total. The standard InChI is InChI=1S/C14H20ClN5/c1-10-12(6-16)14(18-8-13(10)15)17-7-11-9-19(2)4-5-20(11)3/h8,11H,4-5,7,9H2,1-3H3,(H,17,18)/t11-/m1/s1. The van der Waals surface area contributed by atoms with Gasteiger partial charge in [0.1, 0.15) is 11.9 Å². The molecular weight excluding hydrogens is 274 g/mol. The van der Waals surface area contributed by atoms with E-state index in [0.717, 1.165) is 31.7 Å². The van der Waals surface area contributed by atoms with Crippen LogP contribution < -0.4 is 5.32 Å². The van der Waals surface area contributed by atoms with Gasteiger partial charge in [-0.3, -0.25) is 4.90 Å². The first-order chi connectivity index (χ1) is 9.52. The van der Waals surface area contributed by atoms with E-state index in [4.69, 9.17) is 11.6 Å². The number of rotatable bonds is 3. The van der Waals surface area contributed by atoms with Gasteiger partial charge in [0.05, 0.1) is 10.6 Å². The van der Waals surface area contributed by atoms with Crippen LogP contribution in [0.5, 0.6) is 0 Å². The number of nitrogens with zero attached hydrogens (tertiary/aromatic N) is 4. The van der Waals surface area contributed by atoms with Gasteiger partial charge in [0.15, 0.2) is 0 Å². The van der Waals surface area contributed by atoms with E-state index in [1.807, 2.05) is 6.92 Å². The summed E-state index contributed by atoms with van der Waals surface area (Å²) in [6.07, 6.45) is 1.59. The summed E-state index contributed by atoms with van der Waals surface area (Å²) in [4.78, 5) is 8.89. The molecule has 2 rings (SSSR count). The average Bonchev–Trinajstić information content (AvgIpc) is 2.43. The summed E-state index contributed by atoms with van der Waals surface area (Å²) >= 11 is 6.00. The summed E-state index contributed by atoms with van der Waals surface area (Å²) in [5.41, 5.74) is 1.31. The third-order valence-corrected chi connectivity index (χ3v) is 4.26. The van der Waals surface area contributed by atoms with Crippen LogP contribution in [0.3, 0.4) is 0 Å². The molecule has 1 aliphatic rings. The predicted molar refractivity (Wildman–Crippen MR) is 81.1 cm³/mol. The van der Waals surface area contributed by atoms with E-state index >= 15 is 0 Å². The van der Waals surface area contributed by atoms with Crippen molar-refractivity contribution in [2.75, 3.05) is 45.6 Å². The van der Waals surface area contributed by atoms with Gasteiger partial charge in [-0.15, -0.1) is 0 Å². The number of pyridine rings is 1. The van der Waals surface area contributed by atoms with Gasteiger partial charge in [0.2, 0.25) is 0 Å². The molecule has 0 spiro atoms. The van der Waals surface area contributed by atoms with Crippen LogP contribution >= 0.6 is 11.6 Å². The third kappa shape index (κ3) is 3.21. The summed E-state index contributed by atoms with van der Waals surface area (Å²) in [7, 11) is 4.26. The summed E-state index contributed by atoms with van der Waals surface area (Å²) in [6.45, 7) is 5.77. The Hall–Kier alpha value is -1.35. The van der Waals surface area contributed by atoms with Crippen LogP contribution in [-0.4, -0.2) is 61.1 Å². The summed E-state index contributed by atoms with van der Waals surface area (Å²) in [6, 6.07) is 2.59. The van der Waals surface area contributed by atoms with Gasteiger partial charge in [-0.05, 0) is 26.6 Å². The zero-order valence-corrected chi connectivity index (χ0v) is 12.9. The van der Waals surface area contributed by atoms with Crippen molar-refractivity contribution in [1.29, 1.82) is 5.26 Å². The number of nitrogens with one attached hydrogen (secondary N) is 1. The van der Waals surface area contributed by atoms with Crippen molar-refractivity contribution in [3.05, 3.63) is 22.3 Å². The lowest BCUT2D eigenvalue weighted by Gasteiger charge is -2.37. The molecule has 0 radical (unpaired) electrons. The van der Waals surface area contributed by atoms with Crippen LogP contribution in [0.15, 0.2) is 6.20 Å². The molecule has 1 aromatic rings.